The van der Waals surface area contributed by atoms with E-state index in [-0.39, 0.29) is 0 Å². The maximum atomic E-state index is 4.77. The minimum Gasteiger partial charge on any atom is -0.367 e. The van der Waals surface area contributed by atoms with Gasteiger partial charge in [0.15, 0.2) is 0 Å². The number of aryl methyl sites for hydroxylation is 2. The zero-order chi connectivity index (χ0) is 15.5. The third-order valence-corrected chi connectivity index (χ3v) is 4.87. The molecule has 0 amide bonds. The molecule has 2 aromatic rings. The predicted octanol–water partition coefficient (Wildman–Crippen LogP) is 2.09. The Morgan fingerprint density at radius 1 is 1.17 bits per heavy atom. The highest BCUT2D eigenvalue weighted by Gasteiger charge is 2.21. The van der Waals surface area contributed by atoms with E-state index in [0.29, 0.717) is 6.04 Å². The van der Waals surface area contributed by atoms with E-state index in [9.17, 15) is 0 Å². The molecule has 4 heterocycles. The van der Waals surface area contributed by atoms with E-state index >= 15 is 0 Å². The van der Waals surface area contributed by atoms with Gasteiger partial charge in [-0.25, -0.2) is 9.97 Å². The average molecular weight is 312 g/mol. The smallest absolute Gasteiger partial charge is 0.129 e. The number of nitrogens with one attached hydrogen (secondary N) is 1. The van der Waals surface area contributed by atoms with Gasteiger partial charge in [0, 0.05) is 44.1 Å². The molecule has 23 heavy (non-hydrogen) atoms. The van der Waals surface area contributed by atoms with Crippen LogP contribution in [-0.4, -0.2) is 43.8 Å². The third kappa shape index (κ3) is 3.52. The summed E-state index contributed by atoms with van der Waals surface area (Å²) in [6, 6.07) is 4.75. The average Bonchev–Trinajstić information content (AvgIpc) is 3.00. The van der Waals surface area contributed by atoms with E-state index < -0.39 is 0 Å². The van der Waals surface area contributed by atoms with Crippen LogP contribution in [0.15, 0.2) is 24.7 Å². The van der Waals surface area contributed by atoms with Crippen molar-refractivity contribution in [2.75, 3.05) is 18.4 Å². The van der Waals surface area contributed by atoms with Gasteiger partial charge < -0.3 is 5.32 Å². The normalized spacial score (nSPS) is 19.5. The van der Waals surface area contributed by atoms with Crippen molar-refractivity contribution in [3.05, 3.63) is 36.0 Å². The molecule has 0 radical (unpaired) electrons. The molecule has 0 spiro atoms. The summed E-state index contributed by atoms with van der Waals surface area (Å²) in [4.78, 5) is 10.7. The van der Waals surface area contributed by atoms with Crippen molar-refractivity contribution in [3.63, 3.8) is 0 Å². The van der Waals surface area contributed by atoms with E-state index in [1.165, 1.54) is 30.7 Å². The van der Waals surface area contributed by atoms with E-state index in [1.54, 1.807) is 12.5 Å². The Balaban J connectivity index is 1.29. The summed E-state index contributed by atoms with van der Waals surface area (Å²) in [5.74, 6) is 0.931. The zero-order valence-electron chi connectivity index (χ0n) is 13.5. The molecule has 0 aromatic carbocycles. The molecule has 0 unspecified atom stereocenters. The fourth-order valence-electron chi connectivity index (χ4n) is 3.60. The second-order valence-electron chi connectivity index (χ2n) is 6.60. The van der Waals surface area contributed by atoms with Crippen LogP contribution in [0.25, 0.3) is 0 Å². The first-order chi connectivity index (χ1) is 11.4. The molecule has 1 fully saturated rings. The molecule has 6 nitrogen and oxygen atoms in total. The highest BCUT2D eigenvalue weighted by Crippen LogP contribution is 2.19. The molecule has 1 saturated heterocycles. The first-order valence-corrected chi connectivity index (χ1v) is 8.67. The van der Waals surface area contributed by atoms with Gasteiger partial charge in [-0.3, -0.25) is 9.58 Å². The van der Waals surface area contributed by atoms with Crippen LogP contribution in [-0.2, 0) is 19.5 Å². The largest absolute Gasteiger partial charge is 0.367 e. The fourth-order valence-corrected chi connectivity index (χ4v) is 3.60. The van der Waals surface area contributed by atoms with Crippen LogP contribution < -0.4 is 5.32 Å². The Hall–Kier alpha value is -1.95. The maximum Gasteiger partial charge on any atom is 0.129 e. The van der Waals surface area contributed by atoms with Crippen LogP contribution in [0.3, 0.4) is 0 Å². The zero-order valence-corrected chi connectivity index (χ0v) is 13.5. The van der Waals surface area contributed by atoms with E-state index in [2.05, 4.69) is 30.9 Å². The molecule has 0 saturated carbocycles. The lowest BCUT2D eigenvalue weighted by atomic mass is 10.0. The summed E-state index contributed by atoms with van der Waals surface area (Å²) in [7, 11) is 0. The minimum absolute atomic E-state index is 0.511. The van der Waals surface area contributed by atoms with Gasteiger partial charge in [0.1, 0.15) is 12.1 Å². The lowest BCUT2D eigenvalue weighted by Crippen LogP contribution is -2.38. The topological polar surface area (TPSA) is 58.9 Å². The van der Waals surface area contributed by atoms with Crippen molar-refractivity contribution >= 4 is 5.82 Å². The van der Waals surface area contributed by atoms with Crippen molar-refractivity contribution in [2.24, 2.45) is 0 Å². The molecule has 2 aliphatic rings. The number of rotatable bonds is 4. The second-order valence-corrected chi connectivity index (χ2v) is 6.60. The molecule has 4 rings (SSSR count). The summed E-state index contributed by atoms with van der Waals surface area (Å²) in [6.07, 6.45) is 9.45. The summed E-state index contributed by atoms with van der Waals surface area (Å²) < 4.78 is 2.21. The van der Waals surface area contributed by atoms with E-state index in [0.717, 1.165) is 44.8 Å². The van der Waals surface area contributed by atoms with Gasteiger partial charge in [-0.2, -0.15) is 5.10 Å². The fraction of sp³-hybridized carbons (Fsp3) is 0.588. The molecular weight excluding hydrogens is 288 g/mol. The van der Waals surface area contributed by atoms with Gasteiger partial charge in [-0.05, 0) is 44.2 Å². The molecular formula is C17H24N6. The first-order valence-electron chi connectivity index (χ1n) is 8.67. The number of nitrogens with zero attached hydrogens (tertiary/aromatic N) is 5. The lowest BCUT2D eigenvalue weighted by molar-refractivity contribution is 0.208. The molecule has 1 N–H and O–H groups in total. The predicted molar refractivity (Wildman–Crippen MR) is 89.1 cm³/mol. The number of aromatic nitrogens is 4. The SMILES string of the molecule is c1cc(NC2CCN(Cc3cc4n(n3)CCCC4)CC2)ncn1. The summed E-state index contributed by atoms with van der Waals surface area (Å²) in [5.41, 5.74) is 2.66. The van der Waals surface area contributed by atoms with E-state index in [4.69, 9.17) is 5.10 Å². The standard InChI is InChI=1S/C17H24N6/c1-2-8-23-16(3-1)11-15(21-23)12-22-9-5-14(6-10-22)20-17-4-7-18-13-19-17/h4,7,11,13-14H,1-3,5-6,8-10,12H2,(H,18,19,20). The Kier molecular flexibility index (Phi) is 4.24. The number of hydrogen-bond donors (Lipinski definition) is 1. The lowest BCUT2D eigenvalue weighted by Gasteiger charge is -2.32. The second kappa shape index (κ2) is 6.66. The van der Waals surface area contributed by atoms with Gasteiger partial charge in [0.25, 0.3) is 0 Å². The number of anilines is 1. The van der Waals surface area contributed by atoms with Crippen molar-refractivity contribution < 1.29 is 0 Å². The highest BCUT2D eigenvalue weighted by atomic mass is 15.3. The van der Waals surface area contributed by atoms with Crippen molar-refractivity contribution in [1.29, 1.82) is 0 Å². The quantitative estimate of drug-likeness (QED) is 0.937. The summed E-state index contributed by atoms with van der Waals surface area (Å²) in [5, 5.41) is 8.28. The Morgan fingerprint density at radius 2 is 2.09 bits per heavy atom. The van der Waals surface area contributed by atoms with Gasteiger partial charge >= 0.3 is 0 Å². The van der Waals surface area contributed by atoms with E-state index in [1.807, 2.05) is 6.07 Å². The van der Waals surface area contributed by atoms with Crippen LogP contribution in [0, 0.1) is 0 Å². The molecule has 0 bridgehead atoms. The van der Waals surface area contributed by atoms with Gasteiger partial charge in [-0.15, -0.1) is 0 Å². The maximum absolute atomic E-state index is 4.77. The Bertz CT molecular complexity index is 606. The molecule has 0 atom stereocenters. The Labute approximate surface area is 136 Å². The van der Waals surface area contributed by atoms with Gasteiger partial charge in [0.2, 0.25) is 0 Å². The third-order valence-electron chi connectivity index (χ3n) is 4.87. The Morgan fingerprint density at radius 3 is 2.87 bits per heavy atom. The molecule has 122 valence electrons. The molecule has 6 heteroatoms. The minimum atomic E-state index is 0.511. The van der Waals surface area contributed by atoms with Crippen molar-refractivity contribution in [2.45, 2.75) is 51.2 Å². The van der Waals surface area contributed by atoms with Gasteiger partial charge in [-0.1, -0.05) is 0 Å². The first kappa shape index (κ1) is 14.6. The van der Waals surface area contributed by atoms with Crippen LogP contribution in [0.2, 0.25) is 0 Å². The van der Waals surface area contributed by atoms with Crippen molar-refractivity contribution in [1.82, 2.24) is 24.6 Å². The summed E-state index contributed by atoms with van der Waals surface area (Å²) >= 11 is 0. The molecule has 2 aliphatic heterocycles. The number of fused-ring (bicyclic) bond motifs is 1. The highest BCUT2D eigenvalue weighted by molar-refractivity contribution is 5.33. The molecule has 0 aliphatic carbocycles. The van der Waals surface area contributed by atoms with Crippen LogP contribution in [0.1, 0.15) is 37.1 Å². The summed E-state index contributed by atoms with van der Waals surface area (Å²) in [6.45, 7) is 4.32. The van der Waals surface area contributed by atoms with Crippen LogP contribution in [0.5, 0.6) is 0 Å². The number of likely N-dealkylation sites (tertiary alicyclic amines) is 1. The molecule has 2 aromatic heterocycles. The van der Waals surface area contributed by atoms with Crippen molar-refractivity contribution in [3.8, 4) is 0 Å². The number of piperidine rings is 1. The van der Waals surface area contributed by atoms with Crippen LogP contribution >= 0.6 is 0 Å². The van der Waals surface area contributed by atoms with Gasteiger partial charge in [0.05, 0.1) is 5.69 Å². The van der Waals surface area contributed by atoms with Crippen LogP contribution in [0.4, 0.5) is 5.82 Å². The number of hydrogen-bond acceptors (Lipinski definition) is 5. The monoisotopic (exact) mass is 312 g/mol.